The molecule has 1 heterocycles. The molecule has 0 amide bonds. The van der Waals surface area contributed by atoms with Crippen LogP contribution in [-0.2, 0) is 0 Å². The Bertz CT molecular complexity index is 618. The lowest BCUT2D eigenvalue weighted by Crippen LogP contribution is -2.17. The predicted molar refractivity (Wildman–Crippen MR) is 56.9 cm³/mol. The van der Waals surface area contributed by atoms with E-state index < -0.39 is 17.7 Å². The Labute approximate surface area is 101 Å². The summed E-state index contributed by atoms with van der Waals surface area (Å²) in [6.45, 7) is 0. The number of fused-ring (bicyclic) bond motifs is 1. The number of ether oxygens (including phenoxy) is 1. The van der Waals surface area contributed by atoms with E-state index in [2.05, 4.69) is 20.7 Å². The minimum atomic E-state index is -4.78. The third kappa shape index (κ3) is 2.79. The van der Waals surface area contributed by atoms with E-state index in [0.29, 0.717) is 9.86 Å². The highest BCUT2D eigenvalue weighted by molar-refractivity contribution is 9.10. The fourth-order valence-electron chi connectivity index (χ4n) is 1.30. The molecular formula is C10H4BrF3O3. The molecular weight excluding hydrogens is 305 g/mol. The van der Waals surface area contributed by atoms with Gasteiger partial charge in [0.05, 0.1) is 0 Å². The van der Waals surface area contributed by atoms with Crippen molar-refractivity contribution in [2.24, 2.45) is 0 Å². The van der Waals surface area contributed by atoms with Gasteiger partial charge in [-0.3, -0.25) is 0 Å². The van der Waals surface area contributed by atoms with Gasteiger partial charge in [0.15, 0.2) is 0 Å². The van der Waals surface area contributed by atoms with Crippen LogP contribution in [0.15, 0.2) is 37.9 Å². The van der Waals surface area contributed by atoms with E-state index in [9.17, 15) is 18.0 Å². The quantitative estimate of drug-likeness (QED) is 0.757. The Hall–Kier alpha value is -1.50. The smallest absolute Gasteiger partial charge is 0.423 e. The van der Waals surface area contributed by atoms with Crippen LogP contribution in [0.3, 0.4) is 0 Å². The second-order valence-corrected chi connectivity index (χ2v) is 3.97. The van der Waals surface area contributed by atoms with Crippen molar-refractivity contribution in [3.8, 4) is 5.75 Å². The van der Waals surface area contributed by atoms with Gasteiger partial charge in [-0.25, -0.2) is 4.79 Å². The van der Waals surface area contributed by atoms with Crippen molar-refractivity contribution in [3.63, 3.8) is 0 Å². The second-order valence-electron chi connectivity index (χ2n) is 3.12. The van der Waals surface area contributed by atoms with Gasteiger partial charge in [0.25, 0.3) is 0 Å². The zero-order chi connectivity index (χ0) is 12.6. The molecule has 0 fully saturated rings. The van der Waals surface area contributed by atoms with Crippen LogP contribution in [0.4, 0.5) is 13.2 Å². The van der Waals surface area contributed by atoms with Crippen molar-refractivity contribution < 1.29 is 22.3 Å². The highest BCUT2D eigenvalue weighted by Crippen LogP contribution is 2.28. The van der Waals surface area contributed by atoms with Crippen LogP contribution in [-0.4, -0.2) is 6.36 Å². The van der Waals surface area contributed by atoms with E-state index in [4.69, 9.17) is 4.42 Å². The van der Waals surface area contributed by atoms with Crippen LogP contribution >= 0.6 is 15.9 Å². The Morgan fingerprint density at radius 1 is 1.24 bits per heavy atom. The fraction of sp³-hybridized carbons (Fsp3) is 0.100. The lowest BCUT2D eigenvalue weighted by atomic mass is 10.2. The van der Waals surface area contributed by atoms with Crippen molar-refractivity contribution in [1.29, 1.82) is 0 Å². The van der Waals surface area contributed by atoms with E-state index in [0.717, 1.165) is 12.1 Å². The van der Waals surface area contributed by atoms with E-state index in [1.165, 1.54) is 12.1 Å². The maximum atomic E-state index is 12.0. The monoisotopic (exact) mass is 308 g/mol. The summed E-state index contributed by atoms with van der Waals surface area (Å²) in [6, 6.07) is 4.70. The first kappa shape index (κ1) is 12.0. The van der Waals surface area contributed by atoms with Crippen molar-refractivity contribution in [3.05, 3.63) is 39.2 Å². The maximum absolute atomic E-state index is 12.0. The van der Waals surface area contributed by atoms with E-state index in [1.807, 2.05) is 0 Å². The summed E-state index contributed by atoms with van der Waals surface area (Å²) in [5, 5.41) is 0.485. The molecule has 90 valence electrons. The van der Waals surface area contributed by atoms with Crippen LogP contribution in [0.25, 0.3) is 11.0 Å². The third-order valence-corrected chi connectivity index (χ3v) is 2.56. The molecule has 0 saturated carbocycles. The van der Waals surface area contributed by atoms with Gasteiger partial charge in [0.2, 0.25) is 0 Å². The molecule has 0 unspecified atom stereocenters. The Kier molecular flexibility index (Phi) is 2.86. The minimum Gasteiger partial charge on any atom is -0.423 e. The zero-order valence-corrected chi connectivity index (χ0v) is 9.63. The first-order valence-electron chi connectivity index (χ1n) is 4.34. The van der Waals surface area contributed by atoms with Crippen molar-refractivity contribution >= 4 is 26.9 Å². The lowest BCUT2D eigenvalue weighted by Gasteiger charge is -2.09. The van der Waals surface area contributed by atoms with Crippen LogP contribution in [0.1, 0.15) is 0 Å². The Balaban J connectivity index is 2.54. The number of hydrogen-bond donors (Lipinski definition) is 0. The molecule has 0 aliphatic heterocycles. The molecule has 2 rings (SSSR count). The summed E-state index contributed by atoms with van der Waals surface area (Å²) in [5.41, 5.74) is -0.639. The van der Waals surface area contributed by atoms with E-state index in [1.54, 1.807) is 0 Å². The maximum Gasteiger partial charge on any atom is 0.573 e. The van der Waals surface area contributed by atoms with Gasteiger partial charge >= 0.3 is 12.0 Å². The average Bonchev–Trinajstić information content (AvgIpc) is 2.13. The van der Waals surface area contributed by atoms with Crippen LogP contribution in [0, 0.1) is 0 Å². The predicted octanol–water partition coefficient (Wildman–Crippen LogP) is 3.45. The van der Waals surface area contributed by atoms with Crippen LogP contribution < -0.4 is 10.4 Å². The molecule has 0 N–H and O–H groups in total. The van der Waals surface area contributed by atoms with Gasteiger partial charge in [-0.2, -0.15) is 0 Å². The normalized spacial score (nSPS) is 11.8. The molecule has 3 nitrogen and oxygen atoms in total. The summed E-state index contributed by atoms with van der Waals surface area (Å²) in [6.07, 6.45) is -4.78. The molecule has 0 radical (unpaired) electrons. The molecule has 17 heavy (non-hydrogen) atoms. The molecule has 0 saturated heterocycles. The SMILES string of the molecule is O=c1cc(Br)c2ccc(OC(F)(F)F)cc2o1. The van der Waals surface area contributed by atoms with Gasteiger partial charge in [-0.15, -0.1) is 13.2 Å². The molecule has 2 aromatic rings. The van der Waals surface area contributed by atoms with Gasteiger partial charge in [-0.1, -0.05) is 0 Å². The van der Waals surface area contributed by atoms with Gasteiger partial charge < -0.3 is 9.15 Å². The Morgan fingerprint density at radius 2 is 1.94 bits per heavy atom. The lowest BCUT2D eigenvalue weighted by molar-refractivity contribution is -0.274. The minimum absolute atomic E-state index is 0.0196. The largest absolute Gasteiger partial charge is 0.573 e. The number of benzene rings is 1. The summed E-state index contributed by atoms with van der Waals surface area (Å²) in [5.74, 6) is -0.439. The van der Waals surface area contributed by atoms with Gasteiger partial charge in [0.1, 0.15) is 11.3 Å². The number of alkyl halides is 3. The van der Waals surface area contributed by atoms with Crippen molar-refractivity contribution in [2.45, 2.75) is 6.36 Å². The highest BCUT2D eigenvalue weighted by atomic mass is 79.9. The molecule has 0 atom stereocenters. The summed E-state index contributed by atoms with van der Waals surface area (Å²) >= 11 is 3.11. The molecule has 0 spiro atoms. The summed E-state index contributed by atoms with van der Waals surface area (Å²) in [7, 11) is 0. The second kappa shape index (κ2) is 4.06. The summed E-state index contributed by atoms with van der Waals surface area (Å²) in [4.78, 5) is 11.0. The molecule has 1 aromatic heterocycles. The first-order chi connectivity index (χ1) is 7.85. The fourth-order valence-corrected chi connectivity index (χ4v) is 1.82. The molecule has 0 aliphatic rings. The number of hydrogen-bond acceptors (Lipinski definition) is 3. The highest BCUT2D eigenvalue weighted by Gasteiger charge is 2.31. The molecule has 0 aliphatic carbocycles. The summed E-state index contributed by atoms with van der Waals surface area (Å²) < 4.78 is 44.9. The Morgan fingerprint density at radius 3 is 2.59 bits per heavy atom. The topological polar surface area (TPSA) is 39.4 Å². The van der Waals surface area contributed by atoms with Gasteiger partial charge in [-0.05, 0) is 28.1 Å². The molecule has 1 aromatic carbocycles. The molecule has 7 heteroatoms. The number of halogens is 4. The van der Waals surface area contributed by atoms with E-state index >= 15 is 0 Å². The van der Waals surface area contributed by atoms with Gasteiger partial charge in [0, 0.05) is 22.0 Å². The van der Waals surface area contributed by atoms with E-state index in [-0.39, 0.29) is 5.58 Å². The zero-order valence-electron chi connectivity index (χ0n) is 8.05. The number of rotatable bonds is 1. The van der Waals surface area contributed by atoms with Crippen LogP contribution in [0.5, 0.6) is 5.75 Å². The standard InChI is InChI=1S/C10H4BrF3O3/c11-7-4-9(15)16-8-3-5(1-2-6(7)8)17-10(12,13)14/h1-4H. The van der Waals surface area contributed by atoms with Crippen molar-refractivity contribution in [2.75, 3.05) is 0 Å². The molecule has 0 bridgehead atoms. The van der Waals surface area contributed by atoms with Crippen LogP contribution in [0.2, 0.25) is 0 Å². The third-order valence-electron chi connectivity index (χ3n) is 1.90. The first-order valence-corrected chi connectivity index (χ1v) is 5.13. The van der Waals surface area contributed by atoms with Crippen molar-refractivity contribution in [1.82, 2.24) is 0 Å². The average molecular weight is 309 g/mol.